The van der Waals surface area contributed by atoms with Gasteiger partial charge in [0.15, 0.2) is 5.69 Å². The van der Waals surface area contributed by atoms with Gasteiger partial charge in [-0.15, -0.1) is 0 Å². The van der Waals surface area contributed by atoms with Crippen LogP contribution >= 0.6 is 0 Å². The summed E-state index contributed by atoms with van der Waals surface area (Å²) in [5.74, 6) is -0.0862. The van der Waals surface area contributed by atoms with Gasteiger partial charge in [0, 0.05) is 30.9 Å². The summed E-state index contributed by atoms with van der Waals surface area (Å²) in [7, 11) is 1.59. The quantitative estimate of drug-likeness (QED) is 0.573. The molecule has 1 fully saturated rings. The molecular weight excluding hydrogens is 370 g/mol. The number of hydrogen-bond donors (Lipinski definition) is 1. The van der Waals surface area contributed by atoms with E-state index >= 15 is 0 Å². The number of hydrogen-bond acceptors (Lipinski definition) is 4. The number of carboxylic acid groups (broad SMARTS) is 1. The van der Waals surface area contributed by atoms with Gasteiger partial charge in [0.1, 0.15) is 5.76 Å². The number of carbonyl (C=O) groups is 1. The van der Waals surface area contributed by atoms with Crippen LogP contribution in [-0.2, 0) is 7.05 Å². The van der Waals surface area contributed by atoms with Crippen molar-refractivity contribution < 1.29 is 14.4 Å². The fourth-order valence-corrected chi connectivity index (χ4v) is 3.78. The number of benzene rings is 1. The van der Waals surface area contributed by atoms with E-state index in [1.54, 1.807) is 14.0 Å². The van der Waals surface area contributed by atoms with E-state index in [1.807, 2.05) is 47.1 Å². The number of carboxylic acids is 1. The number of nitrogens with zero attached hydrogens (tertiary/aromatic N) is 3. The van der Waals surface area contributed by atoms with Crippen LogP contribution in [0.2, 0.25) is 0 Å². The monoisotopic (exact) mass is 389 g/mol. The van der Waals surface area contributed by atoms with Gasteiger partial charge in [0.25, 0.3) is 5.56 Å². The zero-order valence-corrected chi connectivity index (χ0v) is 16.0. The highest BCUT2D eigenvalue weighted by Crippen LogP contribution is 2.39. The number of fused-ring (bicyclic) bond motifs is 1. The van der Waals surface area contributed by atoms with Gasteiger partial charge in [-0.2, -0.15) is 4.74 Å². The minimum atomic E-state index is -1.02. The van der Waals surface area contributed by atoms with E-state index in [2.05, 4.69) is 4.98 Å². The van der Waals surface area contributed by atoms with Gasteiger partial charge in [-0.05, 0) is 37.0 Å². The molecule has 1 N–H and O–H groups in total. The van der Waals surface area contributed by atoms with E-state index in [0.29, 0.717) is 22.8 Å². The molecule has 29 heavy (non-hydrogen) atoms. The van der Waals surface area contributed by atoms with Crippen LogP contribution in [0.25, 0.3) is 27.8 Å². The fourth-order valence-electron chi connectivity index (χ4n) is 3.78. The van der Waals surface area contributed by atoms with Gasteiger partial charge in [0.05, 0.1) is 16.8 Å². The van der Waals surface area contributed by atoms with E-state index < -0.39 is 5.97 Å². The van der Waals surface area contributed by atoms with E-state index in [4.69, 9.17) is 4.52 Å². The van der Waals surface area contributed by atoms with Crippen molar-refractivity contribution in [2.45, 2.75) is 25.7 Å². The van der Waals surface area contributed by atoms with Gasteiger partial charge in [-0.25, -0.2) is 9.78 Å². The van der Waals surface area contributed by atoms with Crippen LogP contribution < -0.4 is 5.56 Å². The first kappa shape index (κ1) is 17.5. The first-order chi connectivity index (χ1) is 13.9. The van der Waals surface area contributed by atoms with Crippen molar-refractivity contribution >= 4 is 11.5 Å². The lowest BCUT2D eigenvalue weighted by Gasteiger charge is -2.03. The van der Waals surface area contributed by atoms with Crippen molar-refractivity contribution in [3.8, 4) is 22.3 Å². The topological polar surface area (TPSA) is 89.7 Å². The Morgan fingerprint density at radius 3 is 2.41 bits per heavy atom. The molecule has 1 saturated carbocycles. The third-order valence-electron chi connectivity index (χ3n) is 5.43. The minimum Gasteiger partial charge on any atom is -0.476 e. The second-order valence-corrected chi connectivity index (χ2v) is 7.52. The number of aromatic carboxylic acids is 1. The molecular formula is C22H19N3O4. The molecule has 1 aliphatic rings. The number of aromatic nitrogens is 3. The summed E-state index contributed by atoms with van der Waals surface area (Å²) in [5.41, 5.74) is 4.47. The van der Waals surface area contributed by atoms with Gasteiger partial charge < -0.3 is 14.0 Å². The molecule has 1 aromatic carbocycles. The van der Waals surface area contributed by atoms with E-state index in [-0.39, 0.29) is 11.3 Å². The average molecular weight is 389 g/mol. The van der Waals surface area contributed by atoms with Crippen molar-refractivity contribution in [1.29, 1.82) is 0 Å². The van der Waals surface area contributed by atoms with Crippen LogP contribution in [0.15, 0.2) is 52.0 Å². The lowest BCUT2D eigenvalue weighted by atomic mass is 10.0. The van der Waals surface area contributed by atoms with Gasteiger partial charge >= 0.3 is 5.97 Å². The largest absolute Gasteiger partial charge is 0.476 e. The van der Waals surface area contributed by atoms with Crippen LogP contribution in [0.1, 0.15) is 40.7 Å². The fraction of sp³-hybridized carbons (Fsp3) is 0.227. The van der Waals surface area contributed by atoms with Crippen LogP contribution in [0.5, 0.6) is 0 Å². The van der Waals surface area contributed by atoms with Crippen molar-refractivity contribution in [1.82, 2.24) is 14.1 Å². The molecule has 0 saturated heterocycles. The summed E-state index contributed by atoms with van der Waals surface area (Å²) in [4.78, 5) is 28.3. The zero-order chi connectivity index (χ0) is 20.3. The molecule has 0 amide bonds. The molecule has 0 unspecified atom stereocenters. The maximum Gasteiger partial charge on any atom is 0.356 e. The summed E-state index contributed by atoms with van der Waals surface area (Å²) >= 11 is 0. The predicted octanol–water partition coefficient (Wildman–Crippen LogP) is 3.84. The van der Waals surface area contributed by atoms with Crippen LogP contribution in [0.3, 0.4) is 0 Å². The molecule has 1 aliphatic carbocycles. The van der Waals surface area contributed by atoms with Gasteiger partial charge in [0.2, 0.25) is 0 Å². The lowest BCUT2D eigenvalue weighted by molar-refractivity contribution is 0.0692. The van der Waals surface area contributed by atoms with E-state index in [1.165, 1.54) is 4.74 Å². The van der Waals surface area contributed by atoms with Crippen LogP contribution in [0.4, 0.5) is 0 Å². The molecule has 146 valence electrons. The number of rotatable bonds is 4. The Morgan fingerprint density at radius 1 is 1.14 bits per heavy atom. The van der Waals surface area contributed by atoms with E-state index in [9.17, 15) is 14.7 Å². The first-order valence-corrected chi connectivity index (χ1v) is 9.46. The molecule has 0 atom stereocenters. The second-order valence-electron chi connectivity index (χ2n) is 7.52. The van der Waals surface area contributed by atoms with Crippen molar-refractivity contribution in [3.63, 3.8) is 0 Å². The molecule has 0 bridgehead atoms. The second kappa shape index (κ2) is 6.20. The van der Waals surface area contributed by atoms with Crippen molar-refractivity contribution in [2.24, 2.45) is 7.05 Å². The first-order valence-electron chi connectivity index (χ1n) is 9.46. The Balaban J connectivity index is 1.58. The molecule has 4 aromatic rings. The summed E-state index contributed by atoms with van der Waals surface area (Å²) in [6, 6.07) is 9.44. The molecule has 0 spiro atoms. The molecule has 7 heteroatoms. The highest BCUT2D eigenvalue weighted by molar-refractivity contribution is 5.94. The Hall–Kier alpha value is -3.61. The number of aryl methyl sites for hydroxylation is 2. The summed E-state index contributed by atoms with van der Waals surface area (Å²) in [6.07, 6.45) is 5.96. The third-order valence-corrected chi connectivity index (χ3v) is 5.43. The van der Waals surface area contributed by atoms with E-state index in [0.717, 1.165) is 35.2 Å². The SMILES string of the molecule is Cc1on(C)c(=O)c1-c1ccc(-c2cc3c(C(=O)O)nc(C4CC4)cn3c2)cc1. The van der Waals surface area contributed by atoms with Crippen LogP contribution in [-0.4, -0.2) is 25.2 Å². The summed E-state index contributed by atoms with van der Waals surface area (Å²) in [5, 5.41) is 9.59. The highest BCUT2D eigenvalue weighted by atomic mass is 16.5. The summed E-state index contributed by atoms with van der Waals surface area (Å²) in [6.45, 7) is 1.77. The average Bonchev–Trinajstić information content (AvgIpc) is 3.40. The van der Waals surface area contributed by atoms with Crippen molar-refractivity contribution in [3.05, 3.63) is 70.2 Å². The zero-order valence-electron chi connectivity index (χ0n) is 16.0. The normalized spacial score (nSPS) is 13.9. The maximum absolute atomic E-state index is 12.3. The third kappa shape index (κ3) is 2.86. The van der Waals surface area contributed by atoms with Gasteiger partial charge in [-0.1, -0.05) is 24.3 Å². The smallest absolute Gasteiger partial charge is 0.356 e. The maximum atomic E-state index is 12.3. The van der Waals surface area contributed by atoms with Crippen LogP contribution in [0, 0.1) is 6.92 Å². The van der Waals surface area contributed by atoms with Gasteiger partial charge in [-0.3, -0.25) is 4.79 Å². The molecule has 3 aromatic heterocycles. The standard InChI is InChI=1S/C22H19N3O4/c1-12-19(21(26)24(2)29-12)15-7-3-13(4-8-15)16-9-18-20(22(27)28)23-17(14-5-6-14)11-25(18)10-16/h3-4,7-11,14H,5-6H2,1-2H3,(H,27,28). The van der Waals surface area contributed by atoms with Crippen molar-refractivity contribution in [2.75, 3.05) is 0 Å². The minimum absolute atomic E-state index is 0.0785. The molecule has 0 radical (unpaired) electrons. The lowest BCUT2D eigenvalue weighted by Crippen LogP contribution is -2.11. The molecule has 5 rings (SSSR count). The Kier molecular flexibility index (Phi) is 3.74. The molecule has 3 heterocycles. The molecule has 0 aliphatic heterocycles. The summed E-state index contributed by atoms with van der Waals surface area (Å²) < 4.78 is 8.43. The Bertz CT molecular complexity index is 1320. The Labute approximate surface area is 165 Å². The highest BCUT2D eigenvalue weighted by Gasteiger charge is 2.27. The molecule has 7 nitrogen and oxygen atoms in total. The predicted molar refractivity (Wildman–Crippen MR) is 107 cm³/mol. The Morgan fingerprint density at radius 2 is 1.83 bits per heavy atom.